The monoisotopic (exact) mass is 278 g/mol. The molecule has 4 heteroatoms. The highest BCUT2D eigenvalue weighted by Gasteiger charge is 2.39. The Morgan fingerprint density at radius 3 is 2.79 bits per heavy atom. The molecule has 2 N–H and O–H groups in total. The number of amides is 1. The van der Waals surface area contributed by atoms with Gasteiger partial charge >= 0.3 is 0 Å². The van der Waals surface area contributed by atoms with Crippen LogP contribution in [-0.2, 0) is 11.3 Å². The lowest BCUT2D eigenvalue weighted by Crippen LogP contribution is -2.43. The first-order chi connectivity index (χ1) is 9.07. The van der Waals surface area contributed by atoms with E-state index < -0.39 is 0 Å². The molecule has 0 saturated carbocycles. The van der Waals surface area contributed by atoms with Gasteiger partial charge in [0.05, 0.1) is 4.75 Å². The Morgan fingerprint density at radius 2 is 2.21 bits per heavy atom. The number of nitrogens with two attached hydrogens (primary N) is 1. The Kier molecular flexibility index (Phi) is 4.40. The third-order valence-corrected chi connectivity index (χ3v) is 5.27. The zero-order chi connectivity index (χ0) is 13.9. The summed E-state index contributed by atoms with van der Waals surface area (Å²) < 4.78 is -0.237. The van der Waals surface area contributed by atoms with Gasteiger partial charge in [-0.3, -0.25) is 4.79 Å². The number of carbonyl (C=O) groups is 1. The molecule has 104 valence electrons. The molecule has 1 aromatic rings. The molecule has 1 aromatic carbocycles. The van der Waals surface area contributed by atoms with Crippen LogP contribution in [0.25, 0.3) is 0 Å². The van der Waals surface area contributed by atoms with Crippen molar-refractivity contribution in [2.45, 2.75) is 38.0 Å². The van der Waals surface area contributed by atoms with Gasteiger partial charge in [0.25, 0.3) is 0 Å². The second-order valence-corrected chi connectivity index (χ2v) is 6.80. The SMILES string of the molecule is CCN(Cc1ccccc1N)C(=O)C1(C)CCCS1. The lowest BCUT2D eigenvalue weighted by Gasteiger charge is -2.30. The van der Waals surface area contributed by atoms with Crippen LogP contribution < -0.4 is 5.73 Å². The second-order valence-electron chi connectivity index (χ2n) is 5.20. The summed E-state index contributed by atoms with van der Waals surface area (Å²) in [7, 11) is 0. The van der Waals surface area contributed by atoms with E-state index in [9.17, 15) is 4.79 Å². The molecule has 1 amide bonds. The fourth-order valence-corrected chi connectivity index (χ4v) is 3.77. The molecule has 3 nitrogen and oxygen atoms in total. The van der Waals surface area contributed by atoms with Gasteiger partial charge in [-0.05, 0) is 44.1 Å². The average Bonchev–Trinajstić information content (AvgIpc) is 2.85. The first-order valence-electron chi connectivity index (χ1n) is 6.83. The molecule has 0 aromatic heterocycles. The van der Waals surface area contributed by atoms with E-state index in [1.54, 1.807) is 11.8 Å². The molecule has 0 bridgehead atoms. The minimum Gasteiger partial charge on any atom is -0.398 e. The van der Waals surface area contributed by atoms with E-state index in [-0.39, 0.29) is 10.7 Å². The van der Waals surface area contributed by atoms with Crippen LogP contribution in [0, 0.1) is 0 Å². The van der Waals surface area contributed by atoms with Gasteiger partial charge in [-0.25, -0.2) is 0 Å². The first kappa shape index (κ1) is 14.3. The molecular weight excluding hydrogens is 256 g/mol. The summed E-state index contributed by atoms with van der Waals surface area (Å²) in [5.41, 5.74) is 7.76. The summed E-state index contributed by atoms with van der Waals surface area (Å²) >= 11 is 1.79. The molecule has 1 heterocycles. The fourth-order valence-electron chi connectivity index (χ4n) is 2.49. The zero-order valence-electron chi connectivity index (χ0n) is 11.7. The molecule has 0 radical (unpaired) electrons. The Balaban J connectivity index is 2.12. The molecule has 1 atom stereocenters. The van der Waals surface area contributed by atoms with Crippen molar-refractivity contribution >= 4 is 23.4 Å². The third kappa shape index (κ3) is 3.06. The van der Waals surface area contributed by atoms with Crippen molar-refractivity contribution < 1.29 is 4.79 Å². The average molecular weight is 278 g/mol. The number of carbonyl (C=O) groups excluding carboxylic acids is 1. The Bertz CT molecular complexity index is 455. The molecular formula is C15H22N2OS. The lowest BCUT2D eigenvalue weighted by atomic mass is 10.0. The number of nitrogen functional groups attached to an aromatic ring is 1. The molecule has 1 saturated heterocycles. The number of benzene rings is 1. The van der Waals surface area contributed by atoms with Crippen molar-refractivity contribution in [2.24, 2.45) is 0 Å². The number of para-hydroxylation sites is 1. The smallest absolute Gasteiger partial charge is 0.238 e. The third-order valence-electron chi connectivity index (χ3n) is 3.76. The van der Waals surface area contributed by atoms with Crippen LogP contribution >= 0.6 is 11.8 Å². The Hall–Kier alpha value is -1.16. The van der Waals surface area contributed by atoms with Gasteiger partial charge in [0.1, 0.15) is 0 Å². The maximum Gasteiger partial charge on any atom is 0.238 e. The number of nitrogens with zero attached hydrogens (tertiary/aromatic N) is 1. The van der Waals surface area contributed by atoms with Gasteiger partial charge in [0.2, 0.25) is 5.91 Å². The maximum absolute atomic E-state index is 12.7. The van der Waals surface area contributed by atoms with Gasteiger partial charge < -0.3 is 10.6 Å². The number of anilines is 1. The van der Waals surface area contributed by atoms with Crippen LogP contribution in [0.15, 0.2) is 24.3 Å². The molecule has 2 rings (SSSR count). The summed E-state index contributed by atoms with van der Waals surface area (Å²) in [4.78, 5) is 14.6. The summed E-state index contributed by atoms with van der Waals surface area (Å²) in [6.45, 7) is 5.44. The number of thioether (sulfide) groups is 1. The van der Waals surface area contributed by atoms with Gasteiger partial charge in [0, 0.05) is 18.8 Å². The van der Waals surface area contributed by atoms with Crippen LogP contribution in [0.2, 0.25) is 0 Å². The Labute approximate surface area is 119 Å². The minimum absolute atomic E-state index is 0.237. The van der Waals surface area contributed by atoms with Crippen molar-refractivity contribution in [2.75, 3.05) is 18.0 Å². The molecule has 0 aliphatic carbocycles. The van der Waals surface area contributed by atoms with Crippen LogP contribution in [0.4, 0.5) is 5.69 Å². The van der Waals surface area contributed by atoms with E-state index in [0.29, 0.717) is 6.54 Å². The normalized spacial score (nSPS) is 22.4. The lowest BCUT2D eigenvalue weighted by molar-refractivity contribution is -0.133. The highest BCUT2D eigenvalue weighted by atomic mass is 32.2. The van der Waals surface area contributed by atoms with Crippen LogP contribution in [0.3, 0.4) is 0 Å². The quantitative estimate of drug-likeness (QED) is 0.861. The molecule has 0 spiro atoms. The highest BCUT2D eigenvalue weighted by molar-refractivity contribution is 8.01. The number of rotatable bonds is 4. The molecule has 1 aliphatic rings. The van der Waals surface area contributed by atoms with Gasteiger partial charge in [-0.15, -0.1) is 11.8 Å². The summed E-state index contributed by atoms with van der Waals surface area (Å²) in [6.07, 6.45) is 2.12. The van der Waals surface area contributed by atoms with Crippen molar-refractivity contribution in [1.29, 1.82) is 0 Å². The summed E-state index contributed by atoms with van der Waals surface area (Å²) in [6, 6.07) is 7.77. The van der Waals surface area contributed by atoms with Crippen molar-refractivity contribution in [3.63, 3.8) is 0 Å². The fraction of sp³-hybridized carbons (Fsp3) is 0.533. The largest absolute Gasteiger partial charge is 0.398 e. The predicted octanol–water partition coefficient (Wildman–Crippen LogP) is 2.90. The summed E-state index contributed by atoms with van der Waals surface area (Å²) in [5.74, 6) is 1.34. The summed E-state index contributed by atoms with van der Waals surface area (Å²) in [5, 5.41) is 0. The Morgan fingerprint density at radius 1 is 1.47 bits per heavy atom. The molecule has 1 unspecified atom stereocenters. The molecule has 1 aliphatic heterocycles. The number of hydrogen-bond acceptors (Lipinski definition) is 3. The van der Waals surface area contributed by atoms with Crippen LogP contribution in [-0.4, -0.2) is 27.9 Å². The maximum atomic E-state index is 12.7. The van der Waals surface area contributed by atoms with Gasteiger partial charge in [-0.1, -0.05) is 18.2 Å². The van der Waals surface area contributed by atoms with E-state index in [1.807, 2.05) is 36.1 Å². The van der Waals surface area contributed by atoms with E-state index >= 15 is 0 Å². The van der Waals surface area contributed by atoms with Crippen LogP contribution in [0.5, 0.6) is 0 Å². The standard InChI is InChI=1S/C15H22N2OS/c1-3-17(11-12-7-4-5-8-13(12)16)14(18)15(2)9-6-10-19-15/h4-5,7-8H,3,6,9-11,16H2,1-2H3. The second kappa shape index (κ2) is 5.87. The predicted molar refractivity (Wildman–Crippen MR) is 82.0 cm³/mol. The van der Waals surface area contributed by atoms with Gasteiger partial charge in [0.15, 0.2) is 0 Å². The van der Waals surface area contributed by atoms with E-state index in [1.165, 1.54) is 0 Å². The number of hydrogen-bond donors (Lipinski definition) is 1. The zero-order valence-corrected chi connectivity index (χ0v) is 12.5. The van der Waals surface area contributed by atoms with E-state index in [4.69, 9.17) is 5.73 Å². The van der Waals surface area contributed by atoms with Gasteiger partial charge in [-0.2, -0.15) is 0 Å². The first-order valence-corrected chi connectivity index (χ1v) is 7.82. The van der Waals surface area contributed by atoms with Crippen molar-refractivity contribution in [3.8, 4) is 0 Å². The highest BCUT2D eigenvalue weighted by Crippen LogP contribution is 2.39. The van der Waals surface area contributed by atoms with Crippen molar-refractivity contribution in [1.82, 2.24) is 4.90 Å². The topological polar surface area (TPSA) is 46.3 Å². The minimum atomic E-state index is -0.237. The van der Waals surface area contributed by atoms with E-state index in [0.717, 1.165) is 36.4 Å². The molecule has 19 heavy (non-hydrogen) atoms. The van der Waals surface area contributed by atoms with Crippen LogP contribution in [0.1, 0.15) is 32.3 Å². The molecule has 1 fully saturated rings. The van der Waals surface area contributed by atoms with Crippen molar-refractivity contribution in [3.05, 3.63) is 29.8 Å². The van der Waals surface area contributed by atoms with E-state index in [2.05, 4.69) is 6.92 Å².